The summed E-state index contributed by atoms with van der Waals surface area (Å²) in [6, 6.07) is 7.14. The van der Waals surface area contributed by atoms with E-state index >= 15 is 0 Å². The molecule has 1 aliphatic heterocycles. The van der Waals surface area contributed by atoms with Gasteiger partial charge in [0.15, 0.2) is 0 Å². The van der Waals surface area contributed by atoms with Crippen molar-refractivity contribution in [2.24, 2.45) is 0 Å². The maximum Gasteiger partial charge on any atom is 0.228 e. The van der Waals surface area contributed by atoms with Crippen molar-refractivity contribution < 1.29 is 4.79 Å². The molecular weight excluding hydrogens is 297 g/mol. The maximum atomic E-state index is 11.2. The fourth-order valence-corrected chi connectivity index (χ4v) is 2.25. The molecule has 1 N–H and O–H groups in total. The van der Waals surface area contributed by atoms with E-state index < -0.39 is 0 Å². The highest BCUT2D eigenvalue weighted by molar-refractivity contribution is 6.42. The number of nitrogens with one attached hydrogen (secondary N) is 1. The Morgan fingerprint density at radius 1 is 1.05 bits per heavy atom. The molecule has 0 aliphatic carbocycles. The van der Waals surface area contributed by atoms with Crippen LogP contribution in [0.1, 0.15) is 12.1 Å². The van der Waals surface area contributed by atoms with Crippen LogP contribution >= 0.6 is 23.2 Å². The number of hydrogen-bond donors (Lipinski definition) is 1. The zero-order chi connectivity index (χ0) is 14.1. The van der Waals surface area contributed by atoms with E-state index in [0.29, 0.717) is 16.5 Å². The molecule has 0 spiro atoms. The topological polar surface area (TPSA) is 54.9 Å². The average molecular weight is 306 g/mol. The number of carbonyl (C=O) groups is 1. The van der Waals surface area contributed by atoms with Gasteiger partial charge in [-0.25, -0.2) is 9.97 Å². The van der Waals surface area contributed by atoms with E-state index in [1.54, 1.807) is 18.3 Å². The van der Waals surface area contributed by atoms with Crippen molar-refractivity contribution in [2.75, 3.05) is 0 Å². The van der Waals surface area contributed by atoms with E-state index in [4.69, 9.17) is 23.2 Å². The van der Waals surface area contributed by atoms with Gasteiger partial charge in [-0.05, 0) is 18.2 Å². The number of nitrogens with zero attached hydrogens (tertiary/aromatic N) is 2. The Balaban J connectivity index is 1.99. The van der Waals surface area contributed by atoms with Gasteiger partial charge in [-0.3, -0.25) is 4.79 Å². The maximum absolute atomic E-state index is 11.2. The van der Waals surface area contributed by atoms with Crippen molar-refractivity contribution in [1.82, 2.24) is 15.3 Å². The smallest absolute Gasteiger partial charge is 0.228 e. The lowest BCUT2D eigenvalue weighted by atomic mass is 10.1. The third kappa shape index (κ3) is 2.53. The molecule has 0 saturated heterocycles. The van der Waals surface area contributed by atoms with Crippen LogP contribution in [0.3, 0.4) is 0 Å². The van der Waals surface area contributed by atoms with Gasteiger partial charge in [0.1, 0.15) is 6.33 Å². The number of rotatable bonds is 2. The molecule has 0 unspecified atom stereocenters. The molecule has 100 valence electrons. The SMILES string of the molecule is O=C1CC(c2cc(-c3ccc(Cl)c(Cl)c3)ncn2)=CN1. The molecule has 0 atom stereocenters. The van der Waals surface area contributed by atoms with Gasteiger partial charge in [0, 0.05) is 17.3 Å². The van der Waals surface area contributed by atoms with Gasteiger partial charge in [0.05, 0.1) is 27.9 Å². The number of amides is 1. The zero-order valence-corrected chi connectivity index (χ0v) is 11.7. The van der Waals surface area contributed by atoms with Crippen molar-refractivity contribution in [2.45, 2.75) is 6.42 Å². The summed E-state index contributed by atoms with van der Waals surface area (Å²) in [6.45, 7) is 0. The van der Waals surface area contributed by atoms with E-state index in [1.165, 1.54) is 6.33 Å². The van der Waals surface area contributed by atoms with Crippen LogP contribution in [-0.4, -0.2) is 15.9 Å². The summed E-state index contributed by atoms with van der Waals surface area (Å²) in [5.41, 5.74) is 3.15. The van der Waals surface area contributed by atoms with Crippen LogP contribution in [0.4, 0.5) is 0 Å². The molecule has 0 saturated carbocycles. The lowest BCUT2D eigenvalue weighted by molar-refractivity contribution is -0.118. The molecule has 3 rings (SSSR count). The highest BCUT2D eigenvalue weighted by Crippen LogP contribution is 2.29. The van der Waals surface area contributed by atoms with Crippen LogP contribution < -0.4 is 5.32 Å². The number of aromatic nitrogens is 2. The monoisotopic (exact) mass is 305 g/mol. The molecule has 0 radical (unpaired) electrons. The molecule has 1 aliphatic rings. The fourth-order valence-electron chi connectivity index (χ4n) is 1.95. The quantitative estimate of drug-likeness (QED) is 0.926. The Morgan fingerprint density at radius 3 is 2.55 bits per heavy atom. The summed E-state index contributed by atoms with van der Waals surface area (Å²) in [5.74, 6) is -0.0327. The van der Waals surface area contributed by atoms with Crippen molar-refractivity contribution in [3.63, 3.8) is 0 Å². The van der Waals surface area contributed by atoms with Gasteiger partial charge in [-0.1, -0.05) is 29.3 Å². The minimum Gasteiger partial charge on any atom is -0.332 e. The molecule has 2 heterocycles. The first-order valence-electron chi connectivity index (χ1n) is 5.90. The second-order valence-electron chi connectivity index (χ2n) is 4.33. The van der Waals surface area contributed by atoms with Gasteiger partial charge >= 0.3 is 0 Å². The molecule has 20 heavy (non-hydrogen) atoms. The predicted octanol–water partition coefficient (Wildman–Crippen LogP) is 3.31. The number of hydrogen-bond acceptors (Lipinski definition) is 3. The third-order valence-electron chi connectivity index (χ3n) is 2.97. The van der Waals surface area contributed by atoms with Crippen LogP contribution in [0.25, 0.3) is 16.8 Å². The van der Waals surface area contributed by atoms with Gasteiger partial charge in [0.2, 0.25) is 5.91 Å². The van der Waals surface area contributed by atoms with E-state index in [0.717, 1.165) is 22.5 Å². The minimum absolute atomic E-state index is 0.0327. The second kappa shape index (κ2) is 5.23. The normalized spacial score (nSPS) is 14.1. The van der Waals surface area contributed by atoms with Crippen molar-refractivity contribution in [3.8, 4) is 11.3 Å². The largest absolute Gasteiger partial charge is 0.332 e. The molecule has 0 fully saturated rings. The van der Waals surface area contributed by atoms with E-state index in [-0.39, 0.29) is 5.91 Å². The molecule has 1 amide bonds. The first-order chi connectivity index (χ1) is 9.63. The van der Waals surface area contributed by atoms with E-state index in [9.17, 15) is 4.79 Å². The Morgan fingerprint density at radius 2 is 1.85 bits per heavy atom. The van der Waals surface area contributed by atoms with Crippen LogP contribution in [0.15, 0.2) is 36.8 Å². The summed E-state index contributed by atoms with van der Waals surface area (Å²) in [5, 5.41) is 3.62. The lowest BCUT2D eigenvalue weighted by Crippen LogP contribution is -2.08. The van der Waals surface area contributed by atoms with Crippen molar-refractivity contribution >= 4 is 34.7 Å². The van der Waals surface area contributed by atoms with Crippen LogP contribution in [0, 0.1) is 0 Å². The minimum atomic E-state index is -0.0327. The number of carbonyl (C=O) groups excluding carboxylic acids is 1. The summed E-state index contributed by atoms with van der Waals surface area (Å²) < 4.78 is 0. The molecule has 4 nitrogen and oxygen atoms in total. The molecule has 1 aromatic heterocycles. The highest BCUT2D eigenvalue weighted by atomic mass is 35.5. The number of halogens is 2. The van der Waals surface area contributed by atoms with Gasteiger partial charge in [-0.15, -0.1) is 0 Å². The second-order valence-corrected chi connectivity index (χ2v) is 5.15. The first-order valence-corrected chi connectivity index (χ1v) is 6.65. The summed E-state index contributed by atoms with van der Waals surface area (Å²) in [4.78, 5) is 19.6. The van der Waals surface area contributed by atoms with Crippen LogP contribution in [0.5, 0.6) is 0 Å². The summed E-state index contributed by atoms with van der Waals surface area (Å²) >= 11 is 11.9. The van der Waals surface area contributed by atoms with Gasteiger partial charge in [0.25, 0.3) is 0 Å². The summed E-state index contributed by atoms with van der Waals surface area (Å²) in [6.07, 6.45) is 3.47. The first kappa shape index (κ1) is 13.1. The molecule has 1 aromatic carbocycles. The molecular formula is C14H9Cl2N3O. The Bertz CT molecular complexity index is 728. The molecule has 2 aromatic rings. The average Bonchev–Trinajstić information content (AvgIpc) is 2.89. The Labute approximate surface area is 125 Å². The van der Waals surface area contributed by atoms with Gasteiger partial charge in [-0.2, -0.15) is 0 Å². The van der Waals surface area contributed by atoms with Crippen LogP contribution in [0.2, 0.25) is 10.0 Å². The summed E-state index contributed by atoms with van der Waals surface area (Å²) in [7, 11) is 0. The fraction of sp³-hybridized carbons (Fsp3) is 0.0714. The van der Waals surface area contributed by atoms with Crippen molar-refractivity contribution in [1.29, 1.82) is 0 Å². The molecule has 6 heteroatoms. The Kier molecular flexibility index (Phi) is 3.42. The van der Waals surface area contributed by atoms with Crippen molar-refractivity contribution in [3.05, 3.63) is 52.5 Å². The van der Waals surface area contributed by atoms with E-state index in [2.05, 4.69) is 15.3 Å². The predicted molar refractivity (Wildman–Crippen MR) is 78.2 cm³/mol. The molecule has 0 bridgehead atoms. The zero-order valence-electron chi connectivity index (χ0n) is 10.2. The highest BCUT2D eigenvalue weighted by Gasteiger charge is 2.16. The standard InChI is InChI=1S/C14H9Cl2N3O/c15-10-2-1-8(3-11(10)16)12-5-13(19-7-18-12)9-4-14(20)17-6-9/h1-3,5-7H,4H2,(H,17,20). The third-order valence-corrected chi connectivity index (χ3v) is 3.71. The Hall–Kier alpha value is -1.91. The lowest BCUT2D eigenvalue weighted by Gasteiger charge is -2.05. The van der Waals surface area contributed by atoms with Crippen LogP contribution in [-0.2, 0) is 4.79 Å². The van der Waals surface area contributed by atoms with Gasteiger partial charge < -0.3 is 5.32 Å². The van der Waals surface area contributed by atoms with E-state index in [1.807, 2.05) is 12.1 Å². The number of benzene rings is 1.